The maximum atomic E-state index is 16.3. The van der Waals surface area contributed by atoms with Crippen molar-refractivity contribution in [2.75, 3.05) is 43.4 Å². The van der Waals surface area contributed by atoms with Crippen molar-refractivity contribution in [3.05, 3.63) is 30.0 Å². The zero-order valence-corrected chi connectivity index (χ0v) is 23.6. The second-order valence-electron chi connectivity index (χ2n) is 13.1. The first-order valence-corrected chi connectivity index (χ1v) is 14.8. The fourth-order valence-corrected chi connectivity index (χ4v) is 8.02. The molecule has 1 spiro atoms. The Morgan fingerprint density at radius 3 is 2.52 bits per heavy atom. The van der Waals surface area contributed by atoms with Crippen LogP contribution in [-0.4, -0.2) is 81.2 Å². The summed E-state index contributed by atoms with van der Waals surface area (Å²) in [6.07, 6.45) is 0.852. The number of nitrogen functional groups attached to an aromatic ring is 1. The van der Waals surface area contributed by atoms with Crippen LogP contribution in [0.5, 0.6) is 6.01 Å². The third kappa shape index (κ3) is 4.29. The molecule has 4 atom stereocenters. The number of nitrogens with two attached hydrogens (primary N) is 1. The predicted molar refractivity (Wildman–Crippen MR) is 148 cm³/mol. The first-order valence-electron chi connectivity index (χ1n) is 14.8. The summed E-state index contributed by atoms with van der Waals surface area (Å²) in [7, 11) is 0. The molecule has 5 aliphatic rings. The lowest BCUT2D eigenvalue weighted by atomic mass is 9.89. The van der Waals surface area contributed by atoms with E-state index < -0.39 is 45.8 Å². The molecule has 3 aromatic heterocycles. The van der Waals surface area contributed by atoms with Crippen molar-refractivity contribution in [3.63, 3.8) is 0 Å². The van der Waals surface area contributed by atoms with Gasteiger partial charge in [-0.2, -0.15) is 23.1 Å². The number of anilines is 2. The summed E-state index contributed by atoms with van der Waals surface area (Å²) in [6.45, 7) is 2.19. The molecule has 0 aromatic carbocycles. The summed E-state index contributed by atoms with van der Waals surface area (Å²) < 4.78 is 92.8. The average molecular weight is 621 g/mol. The Morgan fingerprint density at radius 2 is 1.82 bits per heavy atom. The molecule has 1 saturated carbocycles. The van der Waals surface area contributed by atoms with Crippen LogP contribution in [0.1, 0.15) is 44.2 Å². The van der Waals surface area contributed by atoms with Crippen molar-refractivity contribution in [2.45, 2.75) is 68.2 Å². The number of alkyl halides is 5. The van der Waals surface area contributed by atoms with Crippen LogP contribution in [0.25, 0.3) is 22.2 Å². The molecule has 3 aromatic rings. The molecule has 3 N–H and O–H groups in total. The van der Waals surface area contributed by atoms with E-state index in [1.807, 2.05) is 4.90 Å². The first-order chi connectivity index (χ1) is 20.9. The largest absolute Gasteiger partial charge is 0.461 e. The van der Waals surface area contributed by atoms with Crippen LogP contribution in [0.15, 0.2) is 18.5 Å². The summed E-state index contributed by atoms with van der Waals surface area (Å²) in [5.74, 6) is -3.43. The molecule has 15 heteroatoms. The van der Waals surface area contributed by atoms with Crippen LogP contribution < -0.4 is 20.7 Å². The van der Waals surface area contributed by atoms with Crippen molar-refractivity contribution in [1.29, 1.82) is 0 Å². The van der Waals surface area contributed by atoms with Crippen molar-refractivity contribution in [2.24, 2.45) is 5.41 Å². The number of ether oxygens (including phenoxy) is 1. The number of hydrogen-bond acceptors (Lipinski definition) is 9. The molecule has 7 heterocycles. The maximum Gasteiger partial charge on any atom is 0.434 e. The van der Waals surface area contributed by atoms with E-state index in [1.165, 1.54) is 6.20 Å². The van der Waals surface area contributed by atoms with Gasteiger partial charge in [0, 0.05) is 49.9 Å². The molecule has 2 bridgehead atoms. The Bertz CT molecular complexity index is 1660. The Balaban J connectivity index is 1.21. The summed E-state index contributed by atoms with van der Waals surface area (Å²) in [6, 6.07) is 1.22. The molecule has 0 unspecified atom stereocenters. The van der Waals surface area contributed by atoms with E-state index >= 15 is 4.39 Å². The van der Waals surface area contributed by atoms with E-state index in [0.29, 0.717) is 44.8 Å². The van der Waals surface area contributed by atoms with E-state index in [-0.39, 0.29) is 47.7 Å². The monoisotopic (exact) mass is 620 g/mol. The lowest BCUT2D eigenvalue weighted by molar-refractivity contribution is -0.140. The standard InChI is InChI=1S/C29H30F6N8O/c30-20-21(18-6-15(36)7-38-23(18)29(33,34)35)37-8-19-22(20)40-25(41-24(19)42-9-16-2-3-17(10-42)39-16)44-14-27-4-1-5-43(27)13-26(11-27)12-28(26,31)32/h6-8,16-17,39H,1-5,9-14,36H2/t16-,17+,26-,27-/m0/s1. The minimum atomic E-state index is -4.89. The number of pyridine rings is 2. The summed E-state index contributed by atoms with van der Waals surface area (Å²) in [5.41, 5.74) is 1.21. The third-order valence-electron chi connectivity index (χ3n) is 10.2. The number of rotatable bonds is 5. The second kappa shape index (κ2) is 9.28. The molecular weight excluding hydrogens is 590 g/mol. The van der Waals surface area contributed by atoms with Gasteiger partial charge in [-0.05, 0) is 44.7 Å². The highest BCUT2D eigenvalue weighted by Gasteiger charge is 2.77. The van der Waals surface area contributed by atoms with Gasteiger partial charge in [-0.1, -0.05) is 0 Å². The van der Waals surface area contributed by atoms with Crippen LogP contribution in [0.2, 0.25) is 0 Å². The molecule has 4 saturated heterocycles. The van der Waals surface area contributed by atoms with Gasteiger partial charge in [-0.3, -0.25) is 9.88 Å². The van der Waals surface area contributed by atoms with Crippen molar-refractivity contribution >= 4 is 22.4 Å². The zero-order valence-electron chi connectivity index (χ0n) is 23.6. The smallest absolute Gasteiger partial charge is 0.434 e. The lowest BCUT2D eigenvalue weighted by Gasteiger charge is -2.34. The molecule has 9 nitrogen and oxygen atoms in total. The summed E-state index contributed by atoms with van der Waals surface area (Å²) >= 11 is 0. The Hall–Kier alpha value is -3.46. The zero-order chi connectivity index (χ0) is 30.6. The van der Waals surface area contributed by atoms with Crippen LogP contribution in [0.3, 0.4) is 0 Å². The molecule has 5 fully saturated rings. The molecule has 0 radical (unpaired) electrons. The maximum absolute atomic E-state index is 16.3. The van der Waals surface area contributed by atoms with Gasteiger partial charge in [0.1, 0.15) is 23.6 Å². The number of halogens is 6. The molecule has 1 aliphatic carbocycles. The highest BCUT2D eigenvalue weighted by atomic mass is 19.4. The number of hydrogen-bond donors (Lipinski definition) is 2. The minimum absolute atomic E-state index is 0.0412. The Kier molecular flexibility index (Phi) is 5.92. The van der Waals surface area contributed by atoms with Crippen LogP contribution >= 0.6 is 0 Å². The number of nitrogens with one attached hydrogen (secondary N) is 1. The van der Waals surface area contributed by atoms with Crippen LogP contribution in [0, 0.1) is 11.2 Å². The SMILES string of the molecule is Nc1cnc(C(F)(F)F)c(-c2ncc3c(N4C[C@H]5CC[C@@H](C4)N5)nc(OC[C@@]45CCCN4C[C@@]4(CC4(F)F)C5)nc3c2F)c1. The van der Waals surface area contributed by atoms with Gasteiger partial charge in [-0.15, -0.1) is 0 Å². The van der Waals surface area contributed by atoms with Gasteiger partial charge in [-0.25, -0.2) is 18.2 Å². The molecule has 234 valence electrons. The fourth-order valence-electron chi connectivity index (χ4n) is 8.02. The number of fused-ring (bicyclic) bond motifs is 4. The van der Waals surface area contributed by atoms with Crippen molar-refractivity contribution in [3.8, 4) is 17.3 Å². The number of aromatic nitrogens is 4. The average Bonchev–Trinajstić information content (AvgIpc) is 3.29. The molecule has 8 rings (SSSR count). The van der Waals surface area contributed by atoms with E-state index in [0.717, 1.165) is 31.5 Å². The summed E-state index contributed by atoms with van der Waals surface area (Å²) in [4.78, 5) is 20.6. The third-order valence-corrected chi connectivity index (χ3v) is 10.2. The van der Waals surface area contributed by atoms with Crippen molar-refractivity contribution in [1.82, 2.24) is 30.2 Å². The first kappa shape index (κ1) is 28.0. The van der Waals surface area contributed by atoms with Gasteiger partial charge in [0.15, 0.2) is 11.5 Å². The van der Waals surface area contributed by atoms with E-state index in [4.69, 9.17) is 10.5 Å². The van der Waals surface area contributed by atoms with Gasteiger partial charge in [0.05, 0.1) is 28.2 Å². The molecule has 44 heavy (non-hydrogen) atoms. The second-order valence-corrected chi connectivity index (χ2v) is 13.1. The number of piperazine rings is 1. The normalized spacial score (nSPS) is 30.8. The summed E-state index contributed by atoms with van der Waals surface area (Å²) in [5, 5.41) is 3.75. The predicted octanol–water partition coefficient (Wildman–Crippen LogP) is 4.41. The van der Waals surface area contributed by atoms with Gasteiger partial charge < -0.3 is 20.7 Å². The Morgan fingerprint density at radius 1 is 1.07 bits per heavy atom. The topological polar surface area (TPSA) is 105 Å². The fraction of sp³-hybridized carbons (Fsp3) is 0.586. The molecule has 0 amide bonds. The van der Waals surface area contributed by atoms with Gasteiger partial charge in [0.2, 0.25) is 0 Å². The Labute approximate surface area is 248 Å². The lowest BCUT2D eigenvalue weighted by Crippen LogP contribution is -2.51. The minimum Gasteiger partial charge on any atom is -0.461 e. The van der Waals surface area contributed by atoms with Crippen LogP contribution in [-0.2, 0) is 6.18 Å². The highest BCUT2D eigenvalue weighted by molar-refractivity contribution is 5.92. The quantitative estimate of drug-likeness (QED) is 0.402. The van der Waals surface area contributed by atoms with Crippen molar-refractivity contribution < 1.29 is 31.1 Å². The van der Waals surface area contributed by atoms with Gasteiger partial charge >= 0.3 is 12.2 Å². The van der Waals surface area contributed by atoms with E-state index in [1.54, 1.807) is 0 Å². The molecular formula is C29H30F6N8O. The van der Waals surface area contributed by atoms with E-state index in [9.17, 15) is 22.0 Å². The number of nitrogens with zero attached hydrogens (tertiary/aromatic N) is 6. The van der Waals surface area contributed by atoms with E-state index in [2.05, 4.69) is 30.2 Å². The molecule has 4 aliphatic heterocycles. The highest BCUT2D eigenvalue weighted by Crippen LogP contribution is 2.69. The van der Waals surface area contributed by atoms with Crippen LogP contribution in [0.4, 0.5) is 37.8 Å². The van der Waals surface area contributed by atoms with Gasteiger partial charge in [0.25, 0.3) is 5.92 Å².